The zero-order valence-electron chi connectivity index (χ0n) is 14.9. The van der Waals surface area contributed by atoms with E-state index in [4.69, 9.17) is 9.15 Å². The van der Waals surface area contributed by atoms with Gasteiger partial charge in [0.2, 0.25) is 11.1 Å². The fourth-order valence-electron chi connectivity index (χ4n) is 2.83. The quantitative estimate of drug-likeness (QED) is 0.490. The van der Waals surface area contributed by atoms with Crippen molar-refractivity contribution in [2.75, 3.05) is 18.2 Å². The number of aromatic nitrogens is 3. The summed E-state index contributed by atoms with van der Waals surface area (Å²) in [6.07, 6.45) is 0.772. The number of H-pyrrole nitrogens is 1. The largest absolute Gasteiger partial charge is 0.495 e. The van der Waals surface area contributed by atoms with E-state index in [0.717, 1.165) is 28.6 Å². The zero-order chi connectivity index (χ0) is 18.8. The zero-order valence-corrected chi connectivity index (χ0v) is 15.7. The van der Waals surface area contributed by atoms with Crippen molar-refractivity contribution < 1.29 is 13.9 Å². The number of benzene rings is 2. The van der Waals surface area contributed by atoms with Crippen molar-refractivity contribution in [3.63, 3.8) is 0 Å². The molecule has 138 valence electrons. The molecule has 4 rings (SSSR count). The van der Waals surface area contributed by atoms with Gasteiger partial charge in [-0.25, -0.2) is 4.98 Å². The van der Waals surface area contributed by atoms with Gasteiger partial charge in [-0.15, -0.1) is 5.10 Å². The topological polar surface area (TPSA) is 93.0 Å². The number of para-hydroxylation sites is 1. The van der Waals surface area contributed by atoms with E-state index in [1.165, 1.54) is 11.8 Å². The number of aromatic amines is 1. The molecule has 0 atom stereocenters. The summed E-state index contributed by atoms with van der Waals surface area (Å²) in [6, 6.07) is 11.5. The second-order valence-electron chi connectivity index (χ2n) is 5.90. The molecular weight excluding hydrogens is 364 g/mol. The normalized spacial score (nSPS) is 11.2. The Morgan fingerprint density at radius 2 is 2.11 bits per heavy atom. The summed E-state index contributed by atoms with van der Waals surface area (Å²) >= 11 is 1.28. The van der Waals surface area contributed by atoms with Crippen molar-refractivity contribution in [1.29, 1.82) is 0 Å². The van der Waals surface area contributed by atoms with Gasteiger partial charge in [0.15, 0.2) is 0 Å². The number of aryl methyl sites for hydroxylation is 1. The Labute approximate surface area is 159 Å². The highest BCUT2D eigenvalue weighted by Gasteiger charge is 2.15. The third-order valence-corrected chi connectivity index (χ3v) is 5.00. The second-order valence-corrected chi connectivity index (χ2v) is 6.84. The summed E-state index contributed by atoms with van der Waals surface area (Å²) in [6.45, 7) is 1.99. The maximum Gasteiger partial charge on any atom is 0.234 e. The Bertz CT molecular complexity index is 1120. The van der Waals surface area contributed by atoms with Crippen LogP contribution in [0.1, 0.15) is 12.7 Å². The first kappa shape index (κ1) is 17.4. The summed E-state index contributed by atoms with van der Waals surface area (Å²) in [5, 5.41) is 12.3. The van der Waals surface area contributed by atoms with Crippen LogP contribution < -0.4 is 10.1 Å². The van der Waals surface area contributed by atoms with Crippen LogP contribution in [0.5, 0.6) is 5.75 Å². The molecule has 0 fully saturated rings. The van der Waals surface area contributed by atoms with Crippen molar-refractivity contribution in [3.05, 3.63) is 42.2 Å². The third-order valence-electron chi connectivity index (χ3n) is 4.15. The van der Waals surface area contributed by atoms with Gasteiger partial charge in [0.1, 0.15) is 22.7 Å². The molecule has 2 N–H and O–H groups in total. The van der Waals surface area contributed by atoms with E-state index in [2.05, 4.69) is 20.5 Å². The minimum Gasteiger partial charge on any atom is -0.495 e. The van der Waals surface area contributed by atoms with Gasteiger partial charge < -0.3 is 14.5 Å². The Hall–Kier alpha value is -3.00. The Morgan fingerprint density at radius 3 is 2.89 bits per heavy atom. The lowest BCUT2D eigenvalue weighted by Crippen LogP contribution is -2.14. The van der Waals surface area contributed by atoms with Gasteiger partial charge in [0.05, 0.1) is 18.6 Å². The monoisotopic (exact) mass is 382 g/mol. The summed E-state index contributed by atoms with van der Waals surface area (Å²) < 4.78 is 11.3. The third kappa shape index (κ3) is 3.48. The van der Waals surface area contributed by atoms with Crippen molar-refractivity contribution >= 4 is 45.3 Å². The van der Waals surface area contributed by atoms with E-state index < -0.39 is 0 Å². The lowest BCUT2D eigenvalue weighted by Gasteiger charge is -2.10. The maximum atomic E-state index is 12.4. The first-order valence-corrected chi connectivity index (χ1v) is 9.49. The highest BCUT2D eigenvalue weighted by atomic mass is 32.2. The molecule has 27 heavy (non-hydrogen) atoms. The number of methoxy groups -OCH3 is 1. The van der Waals surface area contributed by atoms with Gasteiger partial charge in [0, 0.05) is 23.3 Å². The molecule has 1 amide bonds. The molecule has 0 radical (unpaired) electrons. The molecule has 0 saturated carbocycles. The molecule has 7 nitrogen and oxygen atoms in total. The van der Waals surface area contributed by atoms with Crippen LogP contribution in [0.2, 0.25) is 0 Å². The van der Waals surface area contributed by atoms with Gasteiger partial charge in [0.25, 0.3) is 0 Å². The number of carbonyl (C=O) groups is 1. The summed E-state index contributed by atoms with van der Waals surface area (Å²) in [7, 11) is 1.58. The summed E-state index contributed by atoms with van der Waals surface area (Å²) in [4.78, 5) is 16.6. The van der Waals surface area contributed by atoms with Crippen LogP contribution in [0, 0.1) is 0 Å². The standard InChI is InChI=1S/C19H18N4O3S/c1-3-17-21-19(23-22-17)27-10-18(24)20-13-9-15-12(8-16(13)25-2)11-6-4-5-7-14(11)26-15/h4-9H,3,10H2,1-2H3,(H,20,24)(H,21,22,23). The molecule has 2 aromatic heterocycles. The Morgan fingerprint density at radius 1 is 1.26 bits per heavy atom. The molecule has 0 spiro atoms. The number of hydrogen-bond acceptors (Lipinski definition) is 6. The number of ether oxygens (including phenoxy) is 1. The molecule has 0 aliphatic rings. The first-order chi connectivity index (χ1) is 13.2. The number of amides is 1. The van der Waals surface area contributed by atoms with E-state index in [1.54, 1.807) is 13.2 Å². The van der Waals surface area contributed by atoms with Crippen LogP contribution in [0.25, 0.3) is 21.9 Å². The van der Waals surface area contributed by atoms with Crippen molar-refractivity contribution in [2.45, 2.75) is 18.5 Å². The number of carbonyl (C=O) groups excluding carboxylic acids is 1. The summed E-state index contributed by atoms with van der Waals surface area (Å²) in [5.74, 6) is 1.41. The molecule has 2 aromatic carbocycles. The van der Waals surface area contributed by atoms with E-state index in [9.17, 15) is 4.79 Å². The minimum atomic E-state index is -0.170. The molecule has 0 bridgehead atoms. The van der Waals surface area contributed by atoms with Crippen LogP contribution in [0.4, 0.5) is 5.69 Å². The number of rotatable bonds is 6. The van der Waals surface area contributed by atoms with E-state index >= 15 is 0 Å². The Balaban J connectivity index is 1.55. The van der Waals surface area contributed by atoms with Crippen molar-refractivity contribution in [2.24, 2.45) is 0 Å². The van der Waals surface area contributed by atoms with Crippen LogP contribution in [0.3, 0.4) is 0 Å². The number of nitrogens with zero attached hydrogens (tertiary/aromatic N) is 2. The average Bonchev–Trinajstić information content (AvgIpc) is 3.29. The average molecular weight is 382 g/mol. The summed E-state index contributed by atoms with van der Waals surface area (Å²) in [5.41, 5.74) is 2.06. The molecule has 2 heterocycles. The number of furan rings is 1. The van der Waals surface area contributed by atoms with Crippen LogP contribution >= 0.6 is 11.8 Å². The van der Waals surface area contributed by atoms with E-state index in [1.807, 2.05) is 37.3 Å². The molecule has 0 aliphatic carbocycles. The first-order valence-electron chi connectivity index (χ1n) is 8.51. The smallest absolute Gasteiger partial charge is 0.234 e. The molecule has 8 heteroatoms. The van der Waals surface area contributed by atoms with Gasteiger partial charge >= 0.3 is 0 Å². The van der Waals surface area contributed by atoms with Crippen LogP contribution in [-0.2, 0) is 11.2 Å². The van der Waals surface area contributed by atoms with Gasteiger partial charge in [-0.05, 0) is 12.1 Å². The van der Waals surface area contributed by atoms with Crippen molar-refractivity contribution in [3.8, 4) is 5.75 Å². The number of nitrogens with one attached hydrogen (secondary N) is 2. The number of fused-ring (bicyclic) bond motifs is 3. The molecule has 0 saturated heterocycles. The Kier molecular flexibility index (Phi) is 4.72. The predicted molar refractivity (Wildman–Crippen MR) is 105 cm³/mol. The molecule has 0 aliphatic heterocycles. The van der Waals surface area contributed by atoms with Crippen LogP contribution in [-0.4, -0.2) is 34.0 Å². The van der Waals surface area contributed by atoms with Crippen LogP contribution in [0.15, 0.2) is 46.0 Å². The van der Waals surface area contributed by atoms with Gasteiger partial charge in [-0.1, -0.05) is 36.9 Å². The number of anilines is 1. The number of hydrogen-bond donors (Lipinski definition) is 2. The molecule has 0 unspecified atom stereocenters. The molecular formula is C19H18N4O3S. The van der Waals surface area contributed by atoms with Gasteiger partial charge in [-0.3, -0.25) is 9.89 Å². The van der Waals surface area contributed by atoms with Crippen molar-refractivity contribution in [1.82, 2.24) is 15.2 Å². The number of thioether (sulfide) groups is 1. The lowest BCUT2D eigenvalue weighted by atomic mass is 10.1. The predicted octanol–water partition coefficient (Wildman–Crippen LogP) is 4.01. The fraction of sp³-hybridized carbons (Fsp3) is 0.211. The second kappa shape index (κ2) is 7.32. The van der Waals surface area contributed by atoms with E-state index in [-0.39, 0.29) is 11.7 Å². The minimum absolute atomic E-state index is 0.170. The highest BCUT2D eigenvalue weighted by molar-refractivity contribution is 7.99. The fourth-order valence-corrected chi connectivity index (χ4v) is 3.45. The molecule has 4 aromatic rings. The lowest BCUT2D eigenvalue weighted by molar-refractivity contribution is -0.113. The van der Waals surface area contributed by atoms with Gasteiger partial charge in [-0.2, -0.15) is 0 Å². The maximum absolute atomic E-state index is 12.4. The SMILES string of the molecule is CCc1nc(SCC(=O)Nc2cc3oc4ccccc4c3cc2OC)n[nH]1. The van der Waals surface area contributed by atoms with E-state index in [0.29, 0.717) is 22.2 Å². The highest BCUT2D eigenvalue weighted by Crippen LogP contribution is 2.36.